The van der Waals surface area contributed by atoms with Crippen LogP contribution in [-0.2, 0) is 9.53 Å². The lowest BCUT2D eigenvalue weighted by atomic mass is 10.00. The number of carbonyl (C=O) groups excluding carboxylic acids is 2. The van der Waals surface area contributed by atoms with E-state index in [9.17, 15) is 9.59 Å². The minimum Gasteiger partial charge on any atom is -0.423 e. The standard InChI is InChI=1S/C18H16O4/c1-3-16(19)22-15-11-9-13(10-12-15)17(20)18(21-2)14-7-5-4-6-8-14/h3-12,18H,1H2,2H3. The zero-order chi connectivity index (χ0) is 15.9. The monoisotopic (exact) mass is 296 g/mol. The van der Waals surface area contributed by atoms with Gasteiger partial charge in [0.25, 0.3) is 0 Å². The Labute approximate surface area is 129 Å². The maximum atomic E-state index is 12.5. The smallest absolute Gasteiger partial charge is 0.335 e. The molecule has 4 heteroatoms. The van der Waals surface area contributed by atoms with Gasteiger partial charge in [-0.2, -0.15) is 0 Å². The summed E-state index contributed by atoms with van der Waals surface area (Å²) in [7, 11) is 1.50. The number of hydrogen-bond donors (Lipinski definition) is 0. The molecule has 0 aromatic heterocycles. The third-order valence-corrected chi connectivity index (χ3v) is 3.10. The summed E-state index contributed by atoms with van der Waals surface area (Å²) in [4.78, 5) is 23.6. The molecular formula is C18H16O4. The van der Waals surface area contributed by atoms with Crippen LogP contribution in [0.1, 0.15) is 22.0 Å². The quantitative estimate of drug-likeness (QED) is 0.355. The molecule has 0 saturated carbocycles. The zero-order valence-electron chi connectivity index (χ0n) is 12.2. The Hall–Kier alpha value is -2.72. The predicted molar refractivity (Wildman–Crippen MR) is 82.8 cm³/mol. The number of esters is 1. The van der Waals surface area contributed by atoms with Gasteiger partial charge in [0.05, 0.1) is 0 Å². The van der Waals surface area contributed by atoms with Crippen LogP contribution in [0, 0.1) is 0 Å². The van der Waals surface area contributed by atoms with E-state index in [0.29, 0.717) is 11.3 Å². The van der Waals surface area contributed by atoms with Crippen LogP contribution in [0.3, 0.4) is 0 Å². The summed E-state index contributed by atoms with van der Waals surface area (Å²) in [5, 5.41) is 0. The molecule has 2 aromatic carbocycles. The van der Waals surface area contributed by atoms with Crippen LogP contribution in [-0.4, -0.2) is 18.9 Å². The van der Waals surface area contributed by atoms with E-state index in [2.05, 4.69) is 6.58 Å². The zero-order valence-corrected chi connectivity index (χ0v) is 12.2. The van der Waals surface area contributed by atoms with Gasteiger partial charge >= 0.3 is 5.97 Å². The number of Topliss-reactive ketones (excluding diaryl/α,β-unsaturated/α-hetero) is 1. The first-order chi connectivity index (χ1) is 10.7. The van der Waals surface area contributed by atoms with Crippen LogP contribution in [0.15, 0.2) is 67.3 Å². The number of rotatable bonds is 6. The number of methoxy groups -OCH3 is 1. The summed E-state index contributed by atoms with van der Waals surface area (Å²) in [6, 6.07) is 15.6. The second-order valence-electron chi connectivity index (χ2n) is 4.54. The van der Waals surface area contributed by atoms with Gasteiger partial charge < -0.3 is 9.47 Å². The van der Waals surface area contributed by atoms with E-state index in [1.165, 1.54) is 7.11 Å². The largest absolute Gasteiger partial charge is 0.423 e. The minimum absolute atomic E-state index is 0.157. The van der Waals surface area contributed by atoms with E-state index in [1.54, 1.807) is 24.3 Å². The van der Waals surface area contributed by atoms with Gasteiger partial charge in [-0.25, -0.2) is 4.79 Å². The van der Waals surface area contributed by atoms with Gasteiger partial charge in [-0.1, -0.05) is 36.9 Å². The van der Waals surface area contributed by atoms with Crippen LogP contribution in [0.2, 0.25) is 0 Å². The summed E-state index contributed by atoms with van der Waals surface area (Å²) in [5.41, 5.74) is 1.27. The molecule has 0 aliphatic carbocycles. The van der Waals surface area contributed by atoms with Crippen molar-refractivity contribution < 1.29 is 19.1 Å². The molecule has 0 saturated heterocycles. The molecule has 112 valence electrons. The first-order valence-electron chi connectivity index (χ1n) is 6.72. The molecule has 0 fully saturated rings. The molecule has 0 radical (unpaired) electrons. The number of benzene rings is 2. The van der Waals surface area contributed by atoms with E-state index in [4.69, 9.17) is 9.47 Å². The van der Waals surface area contributed by atoms with Gasteiger partial charge in [-0.3, -0.25) is 4.79 Å². The Morgan fingerprint density at radius 1 is 1.05 bits per heavy atom. The number of carbonyl (C=O) groups is 2. The molecule has 0 N–H and O–H groups in total. The summed E-state index contributed by atoms with van der Waals surface area (Å²) < 4.78 is 10.3. The van der Waals surface area contributed by atoms with E-state index in [-0.39, 0.29) is 5.78 Å². The second-order valence-corrected chi connectivity index (χ2v) is 4.54. The molecule has 0 spiro atoms. The predicted octanol–water partition coefficient (Wildman–Crippen LogP) is 3.35. The molecule has 1 atom stereocenters. The van der Waals surface area contributed by atoms with Crippen molar-refractivity contribution in [2.45, 2.75) is 6.10 Å². The average molecular weight is 296 g/mol. The van der Waals surface area contributed by atoms with Crippen LogP contribution in [0.5, 0.6) is 5.75 Å². The Balaban J connectivity index is 2.18. The molecule has 22 heavy (non-hydrogen) atoms. The molecule has 2 rings (SSSR count). The average Bonchev–Trinajstić information content (AvgIpc) is 2.57. The SMILES string of the molecule is C=CC(=O)Oc1ccc(C(=O)C(OC)c2ccccc2)cc1. The molecule has 0 heterocycles. The first kappa shape index (κ1) is 15.7. The highest BCUT2D eigenvalue weighted by Crippen LogP contribution is 2.23. The number of ether oxygens (including phenoxy) is 2. The summed E-state index contributed by atoms with van der Waals surface area (Å²) in [6.07, 6.45) is 0.415. The molecular weight excluding hydrogens is 280 g/mol. The van der Waals surface area contributed by atoms with Gasteiger partial charge in [0.2, 0.25) is 0 Å². The van der Waals surface area contributed by atoms with Gasteiger partial charge in [0, 0.05) is 18.7 Å². The normalized spacial score (nSPS) is 11.5. The van der Waals surface area contributed by atoms with E-state index in [1.807, 2.05) is 30.3 Å². The Bertz CT molecular complexity index is 659. The van der Waals surface area contributed by atoms with E-state index >= 15 is 0 Å². The summed E-state index contributed by atoms with van der Waals surface area (Å²) in [6.45, 7) is 3.33. The van der Waals surface area contributed by atoms with Gasteiger partial charge in [-0.15, -0.1) is 0 Å². The van der Waals surface area contributed by atoms with Crippen molar-refractivity contribution in [3.05, 3.63) is 78.4 Å². The van der Waals surface area contributed by atoms with E-state index in [0.717, 1.165) is 11.6 Å². The Kier molecular flexibility index (Phi) is 5.22. The fourth-order valence-electron chi connectivity index (χ4n) is 2.02. The second kappa shape index (κ2) is 7.33. The van der Waals surface area contributed by atoms with Crippen molar-refractivity contribution in [3.63, 3.8) is 0 Å². The topological polar surface area (TPSA) is 52.6 Å². The third kappa shape index (κ3) is 3.68. The van der Waals surface area contributed by atoms with Gasteiger partial charge in [-0.05, 0) is 29.8 Å². The molecule has 0 amide bonds. The maximum absolute atomic E-state index is 12.5. The van der Waals surface area contributed by atoms with Crippen molar-refractivity contribution in [2.24, 2.45) is 0 Å². The fourth-order valence-corrected chi connectivity index (χ4v) is 2.02. The molecule has 0 bridgehead atoms. The number of ketones is 1. The van der Waals surface area contributed by atoms with Gasteiger partial charge in [0.1, 0.15) is 11.9 Å². The summed E-state index contributed by atoms with van der Waals surface area (Å²) in [5.74, 6) is -0.344. The maximum Gasteiger partial charge on any atom is 0.335 e. The first-order valence-corrected chi connectivity index (χ1v) is 6.72. The third-order valence-electron chi connectivity index (χ3n) is 3.10. The lowest BCUT2D eigenvalue weighted by Crippen LogP contribution is -2.15. The number of hydrogen-bond acceptors (Lipinski definition) is 4. The van der Waals surface area contributed by atoms with Crippen LogP contribution < -0.4 is 4.74 Å². The van der Waals surface area contributed by atoms with Crippen molar-refractivity contribution >= 4 is 11.8 Å². The highest BCUT2D eigenvalue weighted by atomic mass is 16.5. The lowest BCUT2D eigenvalue weighted by molar-refractivity contribution is -0.128. The minimum atomic E-state index is -0.664. The van der Waals surface area contributed by atoms with Crippen molar-refractivity contribution in [1.82, 2.24) is 0 Å². The molecule has 0 aliphatic rings. The highest BCUT2D eigenvalue weighted by molar-refractivity contribution is 6.00. The lowest BCUT2D eigenvalue weighted by Gasteiger charge is -2.14. The highest BCUT2D eigenvalue weighted by Gasteiger charge is 2.21. The summed E-state index contributed by atoms with van der Waals surface area (Å²) >= 11 is 0. The van der Waals surface area contributed by atoms with Crippen LogP contribution in [0.4, 0.5) is 0 Å². The van der Waals surface area contributed by atoms with Crippen LogP contribution in [0.25, 0.3) is 0 Å². The van der Waals surface area contributed by atoms with Crippen molar-refractivity contribution in [2.75, 3.05) is 7.11 Å². The Morgan fingerprint density at radius 2 is 1.68 bits per heavy atom. The molecule has 2 aromatic rings. The molecule has 1 unspecified atom stereocenters. The van der Waals surface area contributed by atoms with Gasteiger partial charge in [0.15, 0.2) is 5.78 Å². The van der Waals surface area contributed by atoms with Crippen molar-refractivity contribution in [1.29, 1.82) is 0 Å². The van der Waals surface area contributed by atoms with Crippen molar-refractivity contribution in [3.8, 4) is 5.75 Å². The Morgan fingerprint density at radius 3 is 2.23 bits per heavy atom. The molecule has 4 nitrogen and oxygen atoms in total. The van der Waals surface area contributed by atoms with Crippen LogP contribution >= 0.6 is 0 Å². The molecule has 0 aliphatic heterocycles. The fraction of sp³-hybridized carbons (Fsp3) is 0.111. The van der Waals surface area contributed by atoms with E-state index < -0.39 is 12.1 Å².